The molecule has 0 bridgehead atoms. The average Bonchev–Trinajstić information content (AvgIpc) is 2.27. The molecule has 0 saturated heterocycles. The Balaban J connectivity index is 3.31. The summed E-state index contributed by atoms with van der Waals surface area (Å²) in [6.07, 6.45) is 5.13. The molecule has 0 fully saturated rings. The summed E-state index contributed by atoms with van der Waals surface area (Å²) in [5, 5.41) is 8.76. The minimum absolute atomic E-state index is 0.0362. The van der Waals surface area contributed by atoms with Crippen LogP contribution < -0.4 is 0 Å². The van der Waals surface area contributed by atoms with E-state index in [2.05, 4.69) is 10.7 Å². The second-order valence-corrected chi connectivity index (χ2v) is 2.74. The number of carbonyl (C=O) groups excluding carboxylic acids is 1. The van der Waals surface area contributed by atoms with Gasteiger partial charge in [0.05, 0.1) is 18.2 Å². The lowest BCUT2D eigenvalue weighted by atomic mass is 10.1. The number of ether oxygens (including phenoxy) is 1. The van der Waals surface area contributed by atoms with Crippen LogP contribution in [0.5, 0.6) is 0 Å². The first-order valence-corrected chi connectivity index (χ1v) is 4.01. The van der Waals surface area contributed by atoms with Crippen LogP contribution >= 0.6 is 0 Å². The van der Waals surface area contributed by atoms with Gasteiger partial charge in [-0.05, 0) is 18.2 Å². The van der Waals surface area contributed by atoms with Gasteiger partial charge in [-0.25, -0.2) is 9.59 Å². The van der Waals surface area contributed by atoms with Crippen molar-refractivity contribution in [3.63, 3.8) is 0 Å². The number of terminal acetylenes is 1. The van der Waals surface area contributed by atoms with Gasteiger partial charge in [-0.1, -0.05) is 5.92 Å². The van der Waals surface area contributed by atoms with E-state index in [-0.39, 0.29) is 11.1 Å². The Morgan fingerprint density at radius 1 is 1.33 bits per heavy atom. The maximum atomic E-state index is 11.2. The smallest absolute Gasteiger partial charge is 0.337 e. The van der Waals surface area contributed by atoms with Crippen LogP contribution in [0.15, 0.2) is 18.2 Å². The maximum absolute atomic E-state index is 11.2. The normalized spacial score (nSPS) is 9.07. The van der Waals surface area contributed by atoms with E-state index < -0.39 is 11.9 Å². The van der Waals surface area contributed by atoms with Gasteiger partial charge in [0.1, 0.15) is 0 Å². The van der Waals surface area contributed by atoms with Gasteiger partial charge < -0.3 is 9.84 Å². The van der Waals surface area contributed by atoms with Crippen molar-refractivity contribution in [2.24, 2.45) is 0 Å². The van der Waals surface area contributed by atoms with Crippen LogP contribution in [0.1, 0.15) is 26.3 Å². The average molecular weight is 204 g/mol. The summed E-state index contributed by atoms with van der Waals surface area (Å²) in [6, 6.07) is 3.93. The van der Waals surface area contributed by atoms with Gasteiger partial charge >= 0.3 is 11.9 Å². The fraction of sp³-hybridized carbons (Fsp3) is 0.0909. The molecular weight excluding hydrogens is 196 g/mol. The van der Waals surface area contributed by atoms with E-state index >= 15 is 0 Å². The third-order valence-corrected chi connectivity index (χ3v) is 1.77. The van der Waals surface area contributed by atoms with Crippen LogP contribution in [0.2, 0.25) is 0 Å². The predicted molar refractivity (Wildman–Crippen MR) is 52.7 cm³/mol. The number of hydrogen-bond acceptors (Lipinski definition) is 3. The molecular formula is C11H8O4. The fourth-order valence-electron chi connectivity index (χ4n) is 1.07. The van der Waals surface area contributed by atoms with Crippen LogP contribution in [0.25, 0.3) is 0 Å². The molecule has 1 aromatic carbocycles. The molecule has 0 amide bonds. The van der Waals surface area contributed by atoms with Crippen molar-refractivity contribution in [1.29, 1.82) is 0 Å². The number of benzene rings is 1. The molecule has 0 saturated carbocycles. The van der Waals surface area contributed by atoms with Gasteiger partial charge in [0, 0.05) is 5.56 Å². The SMILES string of the molecule is C#Cc1cc(C(=O)O)cc(C(=O)OC)c1. The monoisotopic (exact) mass is 204 g/mol. The van der Waals surface area contributed by atoms with Gasteiger partial charge in [-0.2, -0.15) is 0 Å². The number of carboxylic acids is 1. The fourth-order valence-corrected chi connectivity index (χ4v) is 1.07. The van der Waals surface area contributed by atoms with Crippen LogP contribution in [0.3, 0.4) is 0 Å². The van der Waals surface area contributed by atoms with Crippen LogP contribution in [0, 0.1) is 12.3 Å². The first-order chi connectivity index (χ1) is 7.08. The number of carbonyl (C=O) groups is 2. The lowest BCUT2D eigenvalue weighted by molar-refractivity contribution is 0.0600. The topological polar surface area (TPSA) is 63.6 Å². The van der Waals surface area contributed by atoms with Gasteiger partial charge in [0.15, 0.2) is 0 Å². The van der Waals surface area contributed by atoms with Crippen LogP contribution in [0.4, 0.5) is 0 Å². The Hall–Kier alpha value is -2.28. The van der Waals surface area contributed by atoms with E-state index in [1.165, 1.54) is 25.3 Å². The van der Waals surface area contributed by atoms with Gasteiger partial charge in [-0.3, -0.25) is 0 Å². The molecule has 0 spiro atoms. The Morgan fingerprint density at radius 3 is 2.40 bits per heavy atom. The lowest BCUT2D eigenvalue weighted by Crippen LogP contribution is -2.05. The molecule has 1 rings (SSSR count). The van der Waals surface area contributed by atoms with Crippen molar-refractivity contribution < 1.29 is 19.4 Å². The number of rotatable bonds is 2. The van der Waals surface area contributed by atoms with Crippen molar-refractivity contribution >= 4 is 11.9 Å². The maximum Gasteiger partial charge on any atom is 0.337 e. The van der Waals surface area contributed by atoms with E-state index in [9.17, 15) is 9.59 Å². The minimum atomic E-state index is -1.14. The summed E-state index contributed by atoms with van der Waals surface area (Å²) in [7, 11) is 1.21. The molecule has 1 N–H and O–H groups in total. The largest absolute Gasteiger partial charge is 0.478 e. The summed E-state index contributed by atoms with van der Waals surface area (Å²) in [6.45, 7) is 0. The van der Waals surface area contributed by atoms with E-state index in [1.54, 1.807) is 0 Å². The molecule has 0 aliphatic rings. The van der Waals surface area contributed by atoms with Gasteiger partial charge in [-0.15, -0.1) is 6.42 Å². The van der Waals surface area contributed by atoms with Crippen LogP contribution in [-0.4, -0.2) is 24.2 Å². The van der Waals surface area contributed by atoms with Crippen LogP contribution in [-0.2, 0) is 4.74 Å². The number of aromatic carboxylic acids is 1. The van der Waals surface area contributed by atoms with E-state index in [1.807, 2.05) is 0 Å². The number of hydrogen-bond donors (Lipinski definition) is 1. The Kier molecular flexibility index (Phi) is 3.09. The molecule has 1 aromatic rings. The summed E-state index contributed by atoms with van der Waals surface area (Å²) >= 11 is 0. The highest BCUT2D eigenvalue weighted by atomic mass is 16.5. The Bertz CT molecular complexity index is 454. The summed E-state index contributed by atoms with van der Waals surface area (Å²) in [4.78, 5) is 21.9. The van der Waals surface area contributed by atoms with Gasteiger partial charge in [0.25, 0.3) is 0 Å². The highest BCUT2D eigenvalue weighted by Gasteiger charge is 2.11. The molecule has 4 nitrogen and oxygen atoms in total. The molecule has 4 heteroatoms. The number of carboxylic acid groups (broad SMARTS) is 1. The minimum Gasteiger partial charge on any atom is -0.478 e. The highest BCUT2D eigenvalue weighted by molar-refractivity contribution is 5.95. The molecule has 76 valence electrons. The summed E-state index contributed by atoms with van der Waals surface area (Å²) in [5.74, 6) is 0.513. The summed E-state index contributed by atoms with van der Waals surface area (Å²) < 4.78 is 4.47. The molecule has 0 heterocycles. The second kappa shape index (κ2) is 4.29. The predicted octanol–water partition coefficient (Wildman–Crippen LogP) is 1.15. The molecule has 0 aromatic heterocycles. The summed E-state index contributed by atoms with van der Waals surface area (Å²) in [5.41, 5.74) is 0.423. The third kappa shape index (κ3) is 2.35. The molecule has 0 aliphatic carbocycles. The molecule has 0 unspecified atom stereocenters. The number of methoxy groups -OCH3 is 1. The first-order valence-electron chi connectivity index (χ1n) is 4.01. The molecule has 0 atom stereocenters. The van der Waals surface area contributed by atoms with Crippen molar-refractivity contribution in [2.45, 2.75) is 0 Å². The first kappa shape index (κ1) is 10.8. The zero-order valence-corrected chi connectivity index (χ0v) is 7.98. The second-order valence-electron chi connectivity index (χ2n) is 2.74. The van der Waals surface area contributed by atoms with Gasteiger partial charge in [0.2, 0.25) is 0 Å². The quantitative estimate of drug-likeness (QED) is 0.579. The number of esters is 1. The third-order valence-electron chi connectivity index (χ3n) is 1.77. The van der Waals surface area contributed by atoms with E-state index in [4.69, 9.17) is 11.5 Å². The molecule has 0 radical (unpaired) electrons. The molecule has 15 heavy (non-hydrogen) atoms. The van der Waals surface area contributed by atoms with Crippen molar-refractivity contribution in [2.75, 3.05) is 7.11 Å². The molecule has 0 aliphatic heterocycles. The van der Waals surface area contributed by atoms with E-state index in [0.29, 0.717) is 5.56 Å². The van der Waals surface area contributed by atoms with E-state index in [0.717, 1.165) is 0 Å². The Labute approximate surface area is 86.5 Å². The lowest BCUT2D eigenvalue weighted by Gasteiger charge is -2.02. The Morgan fingerprint density at radius 2 is 1.93 bits per heavy atom. The highest BCUT2D eigenvalue weighted by Crippen LogP contribution is 2.11. The zero-order valence-electron chi connectivity index (χ0n) is 7.98. The zero-order chi connectivity index (χ0) is 11.4. The van der Waals surface area contributed by atoms with Crippen molar-refractivity contribution in [3.8, 4) is 12.3 Å². The van der Waals surface area contributed by atoms with Crippen molar-refractivity contribution in [3.05, 3.63) is 34.9 Å². The van der Waals surface area contributed by atoms with Crippen molar-refractivity contribution in [1.82, 2.24) is 0 Å². The standard InChI is InChI=1S/C11H8O4/c1-3-7-4-8(10(12)13)6-9(5-7)11(14)15-2/h1,4-6H,2H3,(H,12,13).